The average Bonchev–Trinajstić information content (AvgIpc) is 2.58. The van der Waals surface area contributed by atoms with E-state index in [1.807, 2.05) is 12.1 Å². The molecule has 0 amide bonds. The van der Waals surface area contributed by atoms with Gasteiger partial charge in [0.15, 0.2) is 0 Å². The smallest absolute Gasteiger partial charge is 0.336 e. The van der Waals surface area contributed by atoms with E-state index in [0.717, 1.165) is 5.56 Å². The highest BCUT2D eigenvalue weighted by atomic mass is 35.5. The molecule has 1 N–H and O–H groups in total. The third kappa shape index (κ3) is 4.23. The molecule has 0 heterocycles. The number of ether oxygens (including phenoxy) is 1. The monoisotopic (exact) mass is 326 g/mol. The van der Waals surface area contributed by atoms with Crippen LogP contribution < -0.4 is 0 Å². The van der Waals surface area contributed by atoms with E-state index in [-0.39, 0.29) is 5.57 Å². The first-order valence-electron chi connectivity index (χ1n) is 6.84. The van der Waals surface area contributed by atoms with Gasteiger partial charge in [-0.1, -0.05) is 54.3 Å². The van der Waals surface area contributed by atoms with Crippen molar-refractivity contribution in [1.82, 2.24) is 0 Å². The molecule has 0 aliphatic heterocycles. The minimum Gasteiger partial charge on any atom is -0.466 e. The number of carbonyl (C=O) groups is 1. The zero-order valence-electron chi connectivity index (χ0n) is 12.5. The molecule has 0 fully saturated rings. The molecule has 1 unspecified atom stereocenters. The van der Waals surface area contributed by atoms with Gasteiger partial charge in [-0.2, -0.15) is 0 Å². The summed E-state index contributed by atoms with van der Waals surface area (Å²) in [6.07, 6.45) is -1.17. The summed E-state index contributed by atoms with van der Waals surface area (Å²) in [5.41, 5.74) is 1.82. The molecule has 2 aromatic rings. The van der Waals surface area contributed by atoms with Gasteiger partial charge in [0, 0.05) is 21.7 Å². The highest BCUT2D eigenvalue weighted by Crippen LogP contribution is 2.24. The molecule has 2 rings (SSSR count). The maximum Gasteiger partial charge on any atom is 0.336 e. The number of carbonyl (C=O) groups excluding carboxylic acids is 1. The second-order valence-electron chi connectivity index (χ2n) is 4.77. The van der Waals surface area contributed by atoms with Gasteiger partial charge in [0.1, 0.15) is 6.10 Å². The van der Waals surface area contributed by atoms with Gasteiger partial charge in [-0.15, -0.1) is 0 Å². The van der Waals surface area contributed by atoms with E-state index >= 15 is 0 Å². The second-order valence-corrected chi connectivity index (χ2v) is 5.20. The molecule has 3 nitrogen and oxygen atoms in total. The normalized spacial score (nSPS) is 11.1. The number of hydrogen-bond donors (Lipinski definition) is 1. The van der Waals surface area contributed by atoms with Gasteiger partial charge in [0.25, 0.3) is 0 Å². The fraction of sp³-hybridized carbons (Fsp3) is 0.105. The van der Waals surface area contributed by atoms with Crippen molar-refractivity contribution in [3.05, 3.63) is 82.4 Å². The summed E-state index contributed by atoms with van der Waals surface area (Å²) in [5.74, 6) is 5.32. The van der Waals surface area contributed by atoms with Crippen LogP contribution in [0.15, 0.2) is 60.7 Å². The van der Waals surface area contributed by atoms with Gasteiger partial charge >= 0.3 is 5.97 Å². The fourth-order valence-electron chi connectivity index (χ4n) is 1.99. The quantitative estimate of drug-likeness (QED) is 0.533. The van der Waals surface area contributed by atoms with Gasteiger partial charge in [-0.25, -0.2) is 4.79 Å². The molecule has 116 valence electrons. The molecule has 0 radical (unpaired) electrons. The van der Waals surface area contributed by atoms with Crippen LogP contribution in [0.2, 0.25) is 5.02 Å². The number of aliphatic hydroxyl groups is 1. The van der Waals surface area contributed by atoms with Crippen molar-refractivity contribution < 1.29 is 14.6 Å². The van der Waals surface area contributed by atoms with Crippen molar-refractivity contribution in [2.24, 2.45) is 0 Å². The van der Waals surface area contributed by atoms with E-state index in [9.17, 15) is 9.90 Å². The third-order valence-electron chi connectivity index (χ3n) is 3.20. The largest absolute Gasteiger partial charge is 0.466 e. The van der Waals surface area contributed by atoms with E-state index in [1.54, 1.807) is 36.4 Å². The number of methoxy groups -OCH3 is 1. The topological polar surface area (TPSA) is 46.5 Å². The molecule has 0 spiro atoms. The Kier molecular flexibility index (Phi) is 5.59. The zero-order valence-corrected chi connectivity index (χ0v) is 13.3. The number of aliphatic hydroxyl groups excluding tert-OH is 1. The lowest BCUT2D eigenvalue weighted by atomic mass is 9.97. The predicted molar refractivity (Wildman–Crippen MR) is 90.0 cm³/mol. The van der Waals surface area contributed by atoms with Crippen LogP contribution in [-0.2, 0) is 9.53 Å². The molecule has 4 heteroatoms. The van der Waals surface area contributed by atoms with E-state index < -0.39 is 12.1 Å². The highest BCUT2D eigenvalue weighted by molar-refractivity contribution is 6.30. The van der Waals surface area contributed by atoms with Gasteiger partial charge in [-0.3, -0.25) is 0 Å². The van der Waals surface area contributed by atoms with Crippen molar-refractivity contribution >= 4 is 17.6 Å². The number of rotatable bonds is 3. The molecule has 1 atom stereocenters. The standard InChI is InChI=1S/C19H15ClO3/c1-13(19(22)23-2)18(21)17-9-4-3-7-15(17)11-10-14-6-5-8-16(20)12-14/h3-9,12,18,21H,1H2,2H3. The summed E-state index contributed by atoms with van der Waals surface area (Å²) < 4.78 is 4.59. The molecule has 0 aliphatic rings. The summed E-state index contributed by atoms with van der Waals surface area (Å²) in [6, 6.07) is 14.2. The van der Waals surface area contributed by atoms with Crippen LogP contribution in [0, 0.1) is 11.8 Å². The first kappa shape index (κ1) is 16.8. The van der Waals surface area contributed by atoms with Crippen LogP contribution in [0.5, 0.6) is 0 Å². The fourth-order valence-corrected chi connectivity index (χ4v) is 2.18. The minimum atomic E-state index is -1.17. The molecule has 0 aliphatic carbocycles. The summed E-state index contributed by atoms with van der Waals surface area (Å²) in [6.45, 7) is 3.58. The third-order valence-corrected chi connectivity index (χ3v) is 3.43. The molecular weight excluding hydrogens is 312 g/mol. The predicted octanol–water partition coefficient (Wildman–Crippen LogP) is 3.50. The first-order valence-corrected chi connectivity index (χ1v) is 7.22. The lowest BCUT2D eigenvalue weighted by Gasteiger charge is -2.14. The van der Waals surface area contributed by atoms with Crippen LogP contribution in [0.4, 0.5) is 0 Å². The Balaban J connectivity index is 2.35. The average molecular weight is 327 g/mol. The number of esters is 1. The van der Waals surface area contributed by atoms with Gasteiger partial charge in [-0.05, 0) is 24.3 Å². The SMILES string of the molecule is C=C(C(=O)OC)C(O)c1ccccc1C#Cc1cccc(Cl)c1. The minimum absolute atomic E-state index is 0.0375. The number of halogens is 1. The molecule has 0 saturated carbocycles. The Labute approximate surface area is 140 Å². The number of benzene rings is 2. The van der Waals surface area contributed by atoms with Crippen molar-refractivity contribution in [3.8, 4) is 11.8 Å². The second kappa shape index (κ2) is 7.64. The first-order chi connectivity index (χ1) is 11.0. The van der Waals surface area contributed by atoms with Crippen molar-refractivity contribution in [3.63, 3.8) is 0 Å². The number of hydrogen-bond acceptors (Lipinski definition) is 3. The van der Waals surface area contributed by atoms with Gasteiger partial charge < -0.3 is 9.84 Å². The van der Waals surface area contributed by atoms with Crippen LogP contribution in [-0.4, -0.2) is 18.2 Å². The lowest BCUT2D eigenvalue weighted by molar-refractivity contribution is -0.137. The van der Waals surface area contributed by atoms with E-state index in [4.69, 9.17) is 11.6 Å². The van der Waals surface area contributed by atoms with Crippen molar-refractivity contribution in [1.29, 1.82) is 0 Å². The Morgan fingerprint density at radius 3 is 2.65 bits per heavy atom. The van der Waals surface area contributed by atoms with Crippen LogP contribution in [0.25, 0.3) is 0 Å². The van der Waals surface area contributed by atoms with Gasteiger partial charge in [0.05, 0.1) is 12.7 Å². The van der Waals surface area contributed by atoms with Crippen LogP contribution >= 0.6 is 11.6 Å². The maximum atomic E-state index is 11.5. The Morgan fingerprint density at radius 1 is 1.22 bits per heavy atom. The Hall–Kier alpha value is -2.54. The van der Waals surface area contributed by atoms with Gasteiger partial charge in [0.2, 0.25) is 0 Å². The lowest BCUT2D eigenvalue weighted by Crippen LogP contribution is -2.13. The summed E-state index contributed by atoms with van der Waals surface area (Å²) in [4.78, 5) is 11.5. The summed E-state index contributed by atoms with van der Waals surface area (Å²) in [5, 5.41) is 10.9. The summed E-state index contributed by atoms with van der Waals surface area (Å²) >= 11 is 5.93. The van der Waals surface area contributed by atoms with E-state index in [1.165, 1.54) is 7.11 Å². The molecular formula is C19H15ClO3. The molecule has 2 aromatic carbocycles. The molecule has 23 heavy (non-hydrogen) atoms. The zero-order chi connectivity index (χ0) is 16.8. The van der Waals surface area contributed by atoms with E-state index in [0.29, 0.717) is 16.1 Å². The Bertz CT molecular complexity index is 800. The molecule has 0 aromatic heterocycles. The Morgan fingerprint density at radius 2 is 1.96 bits per heavy atom. The maximum absolute atomic E-state index is 11.5. The van der Waals surface area contributed by atoms with Crippen LogP contribution in [0.3, 0.4) is 0 Å². The van der Waals surface area contributed by atoms with E-state index in [2.05, 4.69) is 23.2 Å². The molecule has 0 bridgehead atoms. The summed E-state index contributed by atoms with van der Waals surface area (Å²) in [7, 11) is 1.24. The van der Waals surface area contributed by atoms with Crippen LogP contribution in [0.1, 0.15) is 22.8 Å². The highest BCUT2D eigenvalue weighted by Gasteiger charge is 2.20. The van der Waals surface area contributed by atoms with Crippen molar-refractivity contribution in [2.75, 3.05) is 7.11 Å². The molecule has 0 saturated heterocycles. The van der Waals surface area contributed by atoms with Crippen molar-refractivity contribution in [2.45, 2.75) is 6.10 Å².